The van der Waals surface area contributed by atoms with Crippen LogP contribution in [0.15, 0.2) is 36.4 Å². The Morgan fingerprint density at radius 2 is 2.19 bits per heavy atom. The highest BCUT2D eigenvalue weighted by molar-refractivity contribution is 5.86. The van der Waals surface area contributed by atoms with Crippen molar-refractivity contribution in [2.45, 2.75) is 32.4 Å². The van der Waals surface area contributed by atoms with Crippen molar-refractivity contribution in [1.29, 1.82) is 5.41 Å². The molecule has 1 heterocycles. The molecule has 0 aromatic heterocycles. The van der Waals surface area contributed by atoms with Gasteiger partial charge in [-0.25, -0.2) is 0 Å². The molecule has 0 amide bonds. The summed E-state index contributed by atoms with van der Waals surface area (Å²) in [6.45, 7) is 5.07. The minimum atomic E-state index is 0.391. The molecule has 2 aromatic carbocycles. The number of hydrogen-bond acceptors (Lipinski definition) is 5. The van der Waals surface area contributed by atoms with Crippen molar-refractivity contribution in [3.8, 4) is 5.75 Å². The minimum absolute atomic E-state index is 0.391. The van der Waals surface area contributed by atoms with Gasteiger partial charge < -0.3 is 21.2 Å². The van der Waals surface area contributed by atoms with Crippen LogP contribution in [0.5, 0.6) is 5.75 Å². The van der Waals surface area contributed by atoms with Gasteiger partial charge in [0.15, 0.2) is 0 Å². The van der Waals surface area contributed by atoms with E-state index >= 15 is 0 Å². The Hall–Kier alpha value is -2.53. The summed E-state index contributed by atoms with van der Waals surface area (Å²) in [6.07, 6.45) is 3.61. The van der Waals surface area contributed by atoms with E-state index in [0.717, 1.165) is 49.5 Å². The molecule has 4 N–H and O–H groups in total. The third-order valence-corrected chi connectivity index (χ3v) is 5.01. The zero-order valence-electron chi connectivity index (χ0n) is 15.6. The average molecular weight is 352 g/mol. The Morgan fingerprint density at radius 1 is 1.35 bits per heavy atom. The second-order valence-electron chi connectivity index (χ2n) is 6.97. The largest absolute Gasteiger partial charge is 0.496 e. The van der Waals surface area contributed by atoms with E-state index in [9.17, 15) is 0 Å². The number of nitrogens with zero attached hydrogens (tertiary/aromatic N) is 1. The maximum Gasteiger partial charge on any atom is 0.126 e. The predicted octanol–water partition coefficient (Wildman–Crippen LogP) is 3.66. The topological polar surface area (TPSA) is 74.4 Å². The first-order valence-electron chi connectivity index (χ1n) is 9.12. The van der Waals surface area contributed by atoms with Crippen molar-refractivity contribution in [2.24, 2.45) is 0 Å². The number of benzene rings is 2. The summed E-state index contributed by atoms with van der Waals surface area (Å²) in [4.78, 5) is 2.48. The third kappa shape index (κ3) is 4.17. The molecule has 5 heteroatoms. The summed E-state index contributed by atoms with van der Waals surface area (Å²) in [6, 6.07) is 12.5. The van der Waals surface area contributed by atoms with Gasteiger partial charge in [0, 0.05) is 47.8 Å². The standard InChI is InChI=1S/C21H28N4O/c1-15-5-3-6-16(21(15)26-2)13-25-10-4-7-19(14-25)24-18-8-9-20(23)17(11-18)12-22/h3,5-6,8-9,11-12,19,22,24H,4,7,10,13-14,23H2,1-2H3/t19-/m0/s1. The van der Waals surface area contributed by atoms with E-state index in [1.807, 2.05) is 18.2 Å². The SMILES string of the molecule is COc1c(C)cccc1CN1CCC[C@H](Nc2ccc(N)c(C=N)c2)C1. The van der Waals surface area contributed by atoms with Crippen LogP contribution < -0.4 is 15.8 Å². The number of ether oxygens (including phenoxy) is 1. The summed E-state index contributed by atoms with van der Waals surface area (Å²) >= 11 is 0. The van der Waals surface area contributed by atoms with E-state index in [1.54, 1.807) is 7.11 Å². The van der Waals surface area contributed by atoms with Crippen LogP contribution in [-0.4, -0.2) is 37.4 Å². The molecule has 0 unspecified atom stereocenters. The number of para-hydroxylation sites is 1. The molecule has 5 nitrogen and oxygen atoms in total. The molecular formula is C21H28N4O. The van der Waals surface area contributed by atoms with Crippen LogP contribution in [-0.2, 0) is 6.54 Å². The number of hydrogen-bond donors (Lipinski definition) is 3. The molecule has 3 rings (SSSR count). The van der Waals surface area contributed by atoms with E-state index < -0.39 is 0 Å². The molecule has 1 atom stereocenters. The van der Waals surface area contributed by atoms with Gasteiger partial charge in [-0.05, 0) is 50.1 Å². The molecule has 26 heavy (non-hydrogen) atoms. The van der Waals surface area contributed by atoms with E-state index in [4.69, 9.17) is 15.9 Å². The molecule has 1 aliphatic rings. The third-order valence-electron chi connectivity index (χ3n) is 5.01. The maximum absolute atomic E-state index is 7.46. The van der Waals surface area contributed by atoms with Crippen molar-refractivity contribution < 1.29 is 4.74 Å². The quantitative estimate of drug-likeness (QED) is 0.548. The molecule has 0 aliphatic carbocycles. The fourth-order valence-corrected chi connectivity index (χ4v) is 3.71. The van der Waals surface area contributed by atoms with Crippen molar-refractivity contribution in [2.75, 3.05) is 31.2 Å². The lowest BCUT2D eigenvalue weighted by Gasteiger charge is -2.34. The van der Waals surface area contributed by atoms with Crippen molar-refractivity contribution >= 4 is 17.6 Å². The van der Waals surface area contributed by atoms with Crippen LogP contribution in [0, 0.1) is 12.3 Å². The first-order valence-corrected chi connectivity index (χ1v) is 9.12. The maximum atomic E-state index is 7.46. The van der Waals surface area contributed by atoms with Gasteiger partial charge >= 0.3 is 0 Å². The van der Waals surface area contributed by atoms with Gasteiger partial charge in [-0.3, -0.25) is 4.90 Å². The number of nitrogens with one attached hydrogen (secondary N) is 2. The lowest BCUT2D eigenvalue weighted by molar-refractivity contribution is 0.206. The van der Waals surface area contributed by atoms with Crippen LogP contribution in [0.1, 0.15) is 29.5 Å². The number of methoxy groups -OCH3 is 1. The Labute approximate surface area is 155 Å². The summed E-state index contributed by atoms with van der Waals surface area (Å²) in [5.41, 5.74) is 10.7. The van der Waals surface area contributed by atoms with Crippen LogP contribution in [0.25, 0.3) is 0 Å². The van der Waals surface area contributed by atoms with E-state index in [-0.39, 0.29) is 0 Å². The van der Waals surface area contributed by atoms with Crippen LogP contribution >= 0.6 is 0 Å². The molecule has 1 saturated heterocycles. The zero-order chi connectivity index (χ0) is 18.5. The van der Waals surface area contributed by atoms with Gasteiger partial charge in [0.2, 0.25) is 0 Å². The highest BCUT2D eigenvalue weighted by Gasteiger charge is 2.21. The molecule has 1 fully saturated rings. The number of likely N-dealkylation sites (tertiary alicyclic amines) is 1. The summed E-state index contributed by atoms with van der Waals surface area (Å²) in [7, 11) is 1.74. The monoisotopic (exact) mass is 352 g/mol. The first-order chi connectivity index (χ1) is 12.6. The fraction of sp³-hybridized carbons (Fsp3) is 0.381. The summed E-state index contributed by atoms with van der Waals surface area (Å²) in [5.74, 6) is 0.997. The van der Waals surface area contributed by atoms with E-state index in [2.05, 4.69) is 35.3 Å². The lowest BCUT2D eigenvalue weighted by atomic mass is 10.0. The fourth-order valence-electron chi connectivity index (χ4n) is 3.71. The number of rotatable bonds is 6. The highest BCUT2D eigenvalue weighted by atomic mass is 16.5. The van der Waals surface area contributed by atoms with Crippen LogP contribution in [0.4, 0.5) is 11.4 Å². The normalized spacial score (nSPS) is 17.7. The number of nitrogen functional groups attached to an aromatic ring is 1. The van der Waals surface area contributed by atoms with Gasteiger partial charge in [0.05, 0.1) is 7.11 Å². The molecule has 0 spiro atoms. The Bertz CT molecular complexity index is 775. The number of aryl methyl sites for hydroxylation is 1. The number of piperidine rings is 1. The second-order valence-corrected chi connectivity index (χ2v) is 6.97. The van der Waals surface area contributed by atoms with Gasteiger partial charge in [-0.2, -0.15) is 0 Å². The summed E-state index contributed by atoms with van der Waals surface area (Å²) in [5, 5.41) is 11.1. The van der Waals surface area contributed by atoms with E-state index in [1.165, 1.54) is 17.3 Å². The van der Waals surface area contributed by atoms with Gasteiger partial charge in [0.1, 0.15) is 5.75 Å². The Morgan fingerprint density at radius 3 is 2.96 bits per heavy atom. The van der Waals surface area contributed by atoms with Crippen LogP contribution in [0.3, 0.4) is 0 Å². The molecule has 2 aromatic rings. The van der Waals surface area contributed by atoms with Crippen molar-refractivity contribution in [3.05, 3.63) is 53.1 Å². The molecule has 0 saturated carbocycles. The van der Waals surface area contributed by atoms with Gasteiger partial charge in [-0.1, -0.05) is 18.2 Å². The molecule has 0 bridgehead atoms. The number of nitrogens with two attached hydrogens (primary N) is 1. The minimum Gasteiger partial charge on any atom is -0.496 e. The van der Waals surface area contributed by atoms with Gasteiger partial charge in [0.25, 0.3) is 0 Å². The molecule has 1 aliphatic heterocycles. The van der Waals surface area contributed by atoms with Crippen LogP contribution in [0.2, 0.25) is 0 Å². The first kappa shape index (κ1) is 18.3. The van der Waals surface area contributed by atoms with Gasteiger partial charge in [-0.15, -0.1) is 0 Å². The molecular weight excluding hydrogens is 324 g/mol. The zero-order valence-corrected chi connectivity index (χ0v) is 15.6. The predicted molar refractivity (Wildman–Crippen MR) is 108 cm³/mol. The Kier molecular flexibility index (Phi) is 5.78. The van der Waals surface area contributed by atoms with Crippen molar-refractivity contribution in [3.63, 3.8) is 0 Å². The molecule has 0 radical (unpaired) electrons. The van der Waals surface area contributed by atoms with Crippen molar-refractivity contribution in [1.82, 2.24) is 4.90 Å². The highest BCUT2D eigenvalue weighted by Crippen LogP contribution is 2.26. The Balaban J connectivity index is 1.66. The number of anilines is 2. The van der Waals surface area contributed by atoms with E-state index in [0.29, 0.717) is 11.7 Å². The molecule has 138 valence electrons. The smallest absolute Gasteiger partial charge is 0.126 e. The summed E-state index contributed by atoms with van der Waals surface area (Å²) < 4.78 is 5.60. The lowest BCUT2D eigenvalue weighted by Crippen LogP contribution is -2.41. The average Bonchev–Trinajstić information content (AvgIpc) is 2.64. The second kappa shape index (κ2) is 8.23.